The number of hydrogen-bond acceptors (Lipinski definition) is 2. The van der Waals surface area contributed by atoms with Crippen LogP contribution in [0, 0.1) is 6.92 Å². The third-order valence-electron chi connectivity index (χ3n) is 2.58. The summed E-state index contributed by atoms with van der Waals surface area (Å²) >= 11 is 5.93. The van der Waals surface area contributed by atoms with E-state index in [1.165, 1.54) is 0 Å². The molecule has 0 spiro atoms. The molecule has 0 amide bonds. The van der Waals surface area contributed by atoms with Crippen LogP contribution in [-0.2, 0) is 15.8 Å². The molecule has 5 heteroatoms. The van der Waals surface area contributed by atoms with Crippen LogP contribution in [0.25, 0.3) is 0 Å². The number of halogens is 1. The predicted molar refractivity (Wildman–Crippen MR) is 78.9 cm³/mol. The van der Waals surface area contributed by atoms with Crippen molar-refractivity contribution in [3.8, 4) is 0 Å². The predicted octanol–water partition coefficient (Wildman–Crippen LogP) is 3.59. The Morgan fingerprint density at radius 3 is 2.53 bits per heavy atom. The van der Waals surface area contributed by atoms with Crippen molar-refractivity contribution < 1.29 is 8.42 Å². The van der Waals surface area contributed by atoms with Crippen molar-refractivity contribution in [1.82, 2.24) is 0 Å². The molecule has 0 atom stereocenters. The van der Waals surface area contributed by atoms with Gasteiger partial charge in [-0.3, -0.25) is 4.72 Å². The summed E-state index contributed by atoms with van der Waals surface area (Å²) in [5, 5.41) is 0.385. The van der Waals surface area contributed by atoms with Gasteiger partial charge in [-0.05, 0) is 24.6 Å². The van der Waals surface area contributed by atoms with Crippen molar-refractivity contribution in [2.45, 2.75) is 12.7 Å². The minimum absolute atomic E-state index is 0.0695. The lowest BCUT2D eigenvalue weighted by atomic mass is 10.2. The van der Waals surface area contributed by atoms with Crippen molar-refractivity contribution in [3.63, 3.8) is 0 Å². The summed E-state index contributed by atoms with van der Waals surface area (Å²) in [6.07, 6.45) is 0. The Hall–Kier alpha value is -1.52. The van der Waals surface area contributed by atoms with E-state index in [0.717, 1.165) is 11.1 Å². The van der Waals surface area contributed by atoms with E-state index in [4.69, 9.17) is 11.6 Å². The third-order valence-corrected chi connectivity index (χ3v) is 4.15. The standard InChI is InChI=1S/C14H14ClNO2S/c1-11-5-4-6-12(9-11)10-19(17,18)16-14-8-3-2-7-13(14)15/h2-9,16H,10H2,1H3. The molecule has 19 heavy (non-hydrogen) atoms. The smallest absolute Gasteiger partial charge is 0.236 e. The van der Waals surface area contributed by atoms with Crippen LogP contribution in [0.3, 0.4) is 0 Å². The van der Waals surface area contributed by atoms with Crippen molar-refractivity contribution in [1.29, 1.82) is 0 Å². The van der Waals surface area contributed by atoms with Gasteiger partial charge in [-0.25, -0.2) is 8.42 Å². The lowest BCUT2D eigenvalue weighted by molar-refractivity contribution is 0.600. The van der Waals surface area contributed by atoms with Crippen LogP contribution in [0.5, 0.6) is 0 Å². The topological polar surface area (TPSA) is 46.2 Å². The SMILES string of the molecule is Cc1cccc(CS(=O)(=O)Nc2ccccc2Cl)c1. The number of nitrogens with one attached hydrogen (secondary N) is 1. The van der Waals surface area contributed by atoms with Crippen LogP contribution >= 0.6 is 11.6 Å². The van der Waals surface area contributed by atoms with Crippen molar-refractivity contribution in [3.05, 3.63) is 64.7 Å². The lowest BCUT2D eigenvalue weighted by Crippen LogP contribution is -2.15. The fourth-order valence-electron chi connectivity index (χ4n) is 1.77. The highest BCUT2D eigenvalue weighted by Crippen LogP contribution is 2.22. The second-order valence-electron chi connectivity index (χ2n) is 4.33. The molecule has 2 aromatic rings. The number of sulfonamides is 1. The number of benzene rings is 2. The molecule has 0 fully saturated rings. The van der Waals surface area contributed by atoms with E-state index in [2.05, 4.69) is 4.72 Å². The van der Waals surface area contributed by atoms with Crippen LogP contribution in [-0.4, -0.2) is 8.42 Å². The Labute approximate surface area is 118 Å². The Kier molecular flexibility index (Phi) is 4.12. The first-order valence-corrected chi connectivity index (χ1v) is 7.80. The molecule has 0 saturated heterocycles. The van der Waals surface area contributed by atoms with Gasteiger partial charge in [-0.2, -0.15) is 0 Å². The van der Waals surface area contributed by atoms with Gasteiger partial charge in [-0.15, -0.1) is 0 Å². The molecule has 1 N–H and O–H groups in total. The Morgan fingerprint density at radius 1 is 1.11 bits per heavy atom. The fourth-order valence-corrected chi connectivity index (χ4v) is 3.21. The highest BCUT2D eigenvalue weighted by Gasteiger charge is 2.13. The van der Waals surface area contributed by atoms with Crippen LogP contribution in [0.15, 0.2) is 48.5 Å². The molecule has 100 valence electrons. The molecule has 2 rings (SSSR count). The van der Waals surface area contributed by atoms with Crippen LogP contribution in [0.1, 0.15) is 11.1 Å². The fraction of sp³-hybridized carbons (Fsp3) is 0.143. The maximum absolute atomic E-state index is 12.1. The highest BCUT2D eigenvalue weighted by atomic mass is 35.5. The largest absolute Gasteiger partial charge is 0.282 e. The summed E-state index contributed by atoms with van der Waals surface area (Å²) < 4.78 is 26.6. The Bertz CT molecular complexity index is 683. The molecule has 0 saturated carbocycles. The van der Waals surface area contributed by atoms with E-state index < -0.39 is 10.0 Å². The second kappa shape index (κ2) is 5.63. The summed E-state index contributed by atoms with van der Waals surface area (Å²) in [6, 6.07) is 14.2. The quantitative estimate of drug-likeness (QED) is 0.937. The molecule has 0 unspecified atom stereocenters. The highest BCUT2D eigenvalue weighted by molar-refractivity contribution is 7.91. The van der Waals surface area contributed by atoms with E-state index in [9.17, 15) is 8.42 Å². The van der Waals surface area contributed by atoms with E-state index in [1.807, 2.05) is 25.1 Å². The van der Waals surface area contributed by atoms with E-state index in [1.54, 1.807) is 30.3 Å². The zero-order valence-corrected chi connectivity index (χ0v) is 12.0. The zero-order valence-electron chi connectivity index (χ0n) is 10.4. The molecule has 3 nitrogen and oxygen atoms in total. The minimum atomic E-state index is -3.46. The van der Waals surface area contributed by atoms with Crippen molar-refractivity contribution >= 4 is 27.3 Å². The zero-order chi connectivity index (χ0) is 13.9. The minimum Gasteiger partial charge on any atom is -0.282 e. The second-order valence-corrected chi connectivity index (χ2v) is 6.46. The van der Waals surface area contributed by atoms with Gasteiger partial charge in [0.15, 0.2) is 0 Å². The molecule has 0 aliphatic rings. The Balaban J connectivity index is 2.18. The van der Waals surface area contributed by atoms with Gasteiger partial charge in [0, 0.05) is 0 Å². The summed E-state index contributed by atoms with van der Waals surface area (Å²) in [5.74, 6) is -0.0695. The summed E-state index contributed by atoms with van der Waals surface area (Å²) in [5.41, 5.74) is 2.18. The van der Waals surface area contributed by atoms with Gasteiger partial charge in [0.2, 0.25) is 10.0 Å². The van der Waals surface area contributed by atoms with Crippen molar-refractivity contribution in [2.75, 3.05) is 4.72 Å². The summed E-state index contributed by atoms with van der Waals surface area (Å²) in [4.78, 5) is 0. The van der Waals surface area contributed by atoms with Gasteiger partial charge >= 0.3 is 0 Å². The molecular formula is C14H14ClNO2S. The first-order valence-electron chi connectivity index (χ1n) is 5.77. The van der Waals surface area contributed by atoms with Gasteiger partial charge in [0.1, 0.15) is 0 Å². The van der Waals surface area contributed by atoms with Gasteiger partial charge in [-0.1, -0.05) is 53.6 Å². The number of hydrogen-bond donors (Lipinski definition) is 1. The molecule has 0 heterocycles. The third kappa shape index (κ3) is 3.98. The molecule has 2 aromatic carbocycles. The van der Waals surface area contributed by atoms with E-state index in [-0.39, 0.29) is 5.75 Å². The molecule has 0 aliphatic carbocycles. The number of anilines is 1. The number of rotatable bonds is 4. The summed E-state index contributed by atoms with van der Waals surface area (Å²) in [6.45, 7) is 1.93. The number of aryl methyl sites for hydroxylation is 1. The number of para-hydroxylation sites is 1. The average molecular weight is 296 g/mol. The van der Waals surface area contributed by atoms with Gasteiger partial charge in [0.05, 0.1) is 16.5 Å². The normalized spacial score (nSPS) is 11.3. The maximum Gasteiger partial charge on any atom is 0.236 e. The van der Waals surface area contributed by atoms with Gasteiger partial charge < -0.3 is 0 Å². The summed E-state index contributed by atoms with van der Waals surface area (Å²) in [7, 11) is -3.46. The van der Waals surface area contributed by atoms with Gasteiger partial charge in [0.25, 0.3) is 0 Å². The molecule has 0 aliphatic heterocycles. The van der Waals surface area contributed by atoms with E-state index in [0.29, 0.717) is 10.7 Å². The van der Waals surface area contributed by atoms with Crippen LogP contribution in [0.2, 0.25) is 5.02 Å². The van der Waals surface area contributed by atoms with Crippen molar-refractivity contribution in [2.24, 2.45) is 0 Å². The first kappa shape index (κ1) is 13.9. The van der Waals surface area contributed by atoms with Crippen LogP contribution in [0.4, 0.5) is 5.69 Å². The maximum atomic E-state index is 12.1. The van der Waals surface area contributed by atoms with E-state index >= 15 is 0 Å². The lowest BCUT2D eigenvalue weighted by Gasteiger charge is -2.09. The van der Waals surface area contributed by atoms with Crippen LogP contribution < -0.4 is 4.72 Å². The molecular weight excluding hydrogens is 282 g/mol. The molecule has 0 aromatic heterocycles. The monoisotopic (exact) mass is 295 g/mol. The molecule has 0 radical (unpaired) electrons. The molecule has 0 bridgehead atoms. The Morgan fingerprint density at radius 2 is 1.84 bits per heavy atom. The first-order chi connectivity index (χ1) is 8.96. The average Bonchev–Trinajstić information content (AvgIpc) is 2.31.